The molecule has 2 N–H and O–H groups in total. The Labute approximate surface area is 115 Å². The van der Waals surface area contributed by atoms with Gasteiger partial charge in [0.1, 0.15) is 0 Å². The first-order valence-corrected chi connectivity index (χ1v) is 7.10. The zero-order chi connectivity index (χ0) is 13.8. The van der Waals surface area contributed by atoms with E-state index in [0.29, 0.717) is 17.5 Å². The minimum absolute atomic E-state index is 0.000327. The fraction of sp³-hybridized carbons (Fsp3) is 0.600. The molecule has 0 saturated heterocycles. The van der Waals surface area contributed by atoms with Gasteiger partial charge in [-0.2, -0.15) is 0 Å². The van der Waals surface area contributed by atoms with Crippen molar-refractivity contribution in [2.24, 2.45) is 11.8 Å². The number of nitrogens with zero attached hydrogens (tertiary/aromatic N) is 1. The first-order chi connectivity index (χ1) is 9.17. The molecule has 4 nitrogen and oxygen atoms in total. The highest BCUT2D eigenvalue weighted by molar-refractivity contribution is 5.99. The molecule has 3 unspecified atom stereocenters. The van der Waals surface area contributed by atoms with Gasteiger partial charge >= 0.3 is 0 Å². The first-order valence-electron chi connectivity index (χ1n) is 7.10. The Balaban J connectivity index is 2.05. The molecule has 1 aromatic rings. The summed E-state index contributed by atoms with van der Waals surface area (Å²) in [6.45, 7) is 4.48. The second kappa shape index (κ2) is 6.04. The molecule has 1 fully saturated rings. The summed E-state index contributed by atoms with van der Waals surface area (Å²) < 4.78 is 0. The van der Waals surface area contributed by atoms with Crippen molar-refractivity contribution in [3.8, 4) is 0 Å². The number of hydrogen-bond acceptors (Lipinski definition) is 3. The zero-order valence-electron chi connectivity index (χ0n) is 11.9. The number of rotatable bonds is 4. The van der Waals surface area contributed by atoms with E-state index >= 15 is 0 Å². The van der Waals surface area contributed by atoms with E-state index in [-0.39, 0.29) is 5.91 Å². The van der Waals surface area contributed by atoms with Crippen molar-refractivity contribution in [3.63, 3.8) is 0 Å². The second-order valence-corrected chi connectivity index (χ2v) is 5.36. The Hall–Kier alpha value is -1.58. The molecule has 104 valence electrons. The van der Waals surface area contributed by atoms with Crippen molar-refractivity contribution in [1.82, 2.24) is 10.3 Å². The summed E-state index contributed by atoms with van der Waals surface area (Å²) in [4.78, 5) is 16.4. The Morgan fingerprint density at radius 3 is 2.89 bits per heavy atom. The molecule has 0 spiro atoms. The van der Waals surface area contributed by atoms with Crippen LogP contribution in [0.15, 0.2) is 18.5 Å². The predicted molar refractivity (Wildman–Crippen MR) is 77.2 cm³/mol. The number of amides is 1. The maximum Gasteiger partial charge on any atom is 0.253 e. The number of hydrogen-bond donors (Lipinski definition) is 2. The summed E-state index contributed by atoms with van der Waals surface area (Å²) in [5, 5.41) is 6.19. The van der Waals surface area contributed by atoms with Crippen molar-refractivity contribution in [1.29, 1.82) is 0 Å². The minimum atomic E-state index is 0.000327. The molecule has 0 aliphatic heterocycles. The number of aromatic nitrogens is 1. The quantitative estimate of drug-likeness (QED) is 0.876. The Morgan fingerprint density at radius 2 is 2.26 bits per heavy atom. The lowest BCUT2D eigenvalue weighted by Gasteiger charge is -2.21. The predicted octanol–water partition coefficient (Wildman–Crippen LogP) is 2.68. The average molecular weight is 261 g/mol. The molecular weight excluding hydrogens is 238 g/mol. The van der Waals surface area contributed by atoms with Crippen LogP contribution in [-0.4, -0.2) is 24.0 Å². The lowest BCUT2D eigenvalue weighted by atomic mass is 9.93. The van der Waals surface area contributed by atoms with E-state index in [9.17, 15) is 4.79 Å². The van der Waals surface area contributed by atoms with Crippen molar-refractivity contribution in [3.05, 3.63) is 24.0 Å². The van der Waals surface area contributed by atoms with Crippen molar-refractivity contribution < 1.29 is 4.79 Å². The van der Waals surface area contributed by atoms with Crippen LogP contribution < -0.4 is 10.6 Å². The lowest BCUT2D eigenvalue weighted by Crippen LogP contribution is -2.37. The molecule has 0 bridgehead atoms. The van der Waals surface area contributed by atoms with Crippen LogP contribution in [0.25, 0.3) is 0 Å². The standard InChI is InChI=1S/C15H23N3O/c1-4-11-5-6-13(10(11)2)18-15(19)12-7-8-17-9-14(12)16-3/h7-11,13,16H,4-6H2,1-3H3,(H,18,19). The molecule has 1 amide bonds. The van der Waals surface area contributed by atoms with Gasteiger partial charge < -0.3 is 10.6 Å². The number of anilines is 1. The van der Waals surface area contributed by atoms with E-state index in [1.54, 1.807) is 25.5 Å². The van der Waals surface area contributed by atoms with E-state index in [4.69, 9.17) is 0 Å². The molecule has 4 heteroatoms. The van der Waals surface area contributed by atoms with E-state index < -0.39 is 0 Å². The van der Waals surface area contributed by atoms with Crippen LogP contribution in [0.3, 0.4) is 0 Å². The summed E-state index contributed by atoms with van der Waals surface area (Å²) in [7, 11) is 1.80. The average Bonchev–Trinajstić information content (AvgIpc) is 2.79. The summed E-state index contributed by atoms with van der Waals surface area (Å²) in [5.41, 5.74) is 1.45. The fourth-order valence-corrected chi connectivity index (χ4v) is 3.07. The van der Waals surface area contributed by atoms with Gasteiger partial charge in [0.25, 0.3) is 5.91 Å². The fourth-order valence-electron chi connectivity index (χ4n) is 3.07. The van der Waals surface area contributed by atoms with Crippen LogP contribution in [0.4, 0.5) is 5.69 Å². The van der Waals surface area contributed by atoms with Gasteiger partial charge in [0, 0.05) is 19.3 Å². The van der Waals surface area contributed by atoms with Gasteiger partial charge in [0.05, 0.1) is 17.4 Å². The van der Waals surface area contributed by atoms with E-state index in [0.717, 1.165) is 18.0 Å². The number of carbonyl (C=O) groups is 1. The van der Waals surface area contributed by atoms with Crippen LogP contribution >= 0.6 is 0 Å². The third kappa shape index (κ3) is 2.88. The minimum Gasteiger partial charge on any atom is -0.386 e. The topological polar surface area (TPSA) is 54.0 Å². The third-order valence-corrected chi connectivity index (χ3v) is 4.40. The first kappa shape index (κ1) is 13.8. The van der Waals surface area contributed by atoms with Gasteiger partial charge in [-0.05, 0) is 30.7 Å². The zero-order valence-corrected chi connectivity index (χ0v) is 11.9. The number of carbonyl (C=O) groups excluding carboxylic acids is 1. The molecule has 0 aromatic carbocycles. The highest BCUT2D eigenvalue weighted by Crippen LogP contribution is 2.34. The Morgan fingerprint density at radius 1 is 1.47 bits per heavy atom. The molecule has 2 rings (SSSR count). The molecule has 1 aromatic heterocycles. The molecule has 0 radical (unpaired) electrons. The summed E-state index contributed by atoms with van der Waals surface area (Å²) >= 11 is 0. The molecule has 1 aliphatic carbocycles. The van der Waals surface area contributed by atoms with Gasteiger partial charge in [0.2, 0.25) is 0 Å². The van der Waals surface area contributed by atoms with Crippen molar-refractivity contribution >= 4 is 11.6 Å². The van der Waals surface area contributed by atoms with Crippen molar-refractivity contribution in [2.45, 2.75) is 39.2 Å². The Bertz CT molecular complexity index is 447. The van der Waals surface area contributed by atoms with Crippen LogP contribution in [0.2, 0.25) is 0 Å². The molecular formula is C15H23N3O. The maximum atomic E-state index is 12.3. The highest BCUT2D eigenvalue weighted by atomic mass is 16.1. The largest absolute Gasteiger partial charge is 0.386 e. The van der Waals surface area contributed by atoms with Gasteiger partial charge in [-0.3, -0.25) is 9.78 Å². The van der Waals surface area contributed by atoms with Gasteiger partial charge in [-0.25, -0.2) is 0 Å². The third-order valence-electron chi connectivity index (χ3n) is 4.40. The van der Waals surface area contributed by atoms with Gasteiger partial charge in [0.15, 0.2) is 0 Å². The SMILES string of the molecule is CCC1CCC(NC(=O)c2ccncc2NC)C1C. The smallest absolute Gasteiger partial charge is 0.253 e. The summed E-state index contributed by atoms with van der Waals surface area (Å²) in [5.74, 6) is 1.31. The second-order valence-electron chi connectivity index (χ2n) is 5.36. The molecule has 1 saturated carbocycles. The molecule has 19 heavy (non-hydrogen) atoms. The number of nitrogens with one attached hydrogen (secondary N) is 2. The highest BCUT2D eigenvalue weighted by Gasteiger charge is 2.32. The van der Waals surface area contributed by atoms with Crippen LogP contribution in [0.1, 0.15) is 43.5 Å². The summed E-state index contributed by atoms with van der Waals surface area (Å²) in [6.07, 6.45) is 6.85. The molecule has 1 heterocycles. The Kier molecular flexibility index (Phi) is 4.40. The lowest BCUT2D eigenvalue weighted by molar-refractivity contribution is 0.0927. The van der Waals surface area contributed by atoms with Crippen LogP contribution in [-0.2, 0) is 0 Å². The monoisotopic (exact) mass is 261 g/mol. The van der Waals surface area contributed by atoms with E-state index in [1.807, 2.05) is 0 Å². The summed E-state index contributed by atoms with van der Waals surface area (Å²) in [6, 6.07) is 2.06. The van der Waals surface area contributed by atoms with Crippen molar-refractivity contribution in [2.75, 3.05) is 12.4 Å². The normalized spacial score (nSPS) is 26.2. The number of pyridine rings is 1. The van der Waals surface area contributed by atoms with Crippen LogP contribution in [0, 0.1) is 11.8 Å². The molecule has 1 aliphatic rings. The van der Waals surface area contributed by atoms with Gasteiger partial charge in [-0.1, -0.05) is 20.3 Å². The van der Waals surface area contributed by atoms with Crippen LogP contribution in [0.5, 0.6) is 0 Å². The van der Waals surface area contributed by atoms with E-state index in [1.165, 1.54) is 12.8 Å². The maximum absolute atomic E-state index is 12.3. The van der Waals surface area contributed by atoms with Gasteiger partial charge in [-0.15, -0.1) is 0 Å². The molecule has 3 atom stereocenters. The van der Waals surface area contributed by atoms with E-state index in [2.05, 4.69) is 29.5 Å².